The van der Waals surface area contributed by atoms with E-state index >= 15 is 8.78 Å². The number of carbonyl (C=O) groups is 3. The lowest BCUT2D eigenvalue weighted by molar-refractivity contribution is -0.135. The third-order valence-corrected chi connectivity index (χ3v) is 12.9. The van der Waals surface area contributed by atoms with E-state index < -0.39 is 29.4 Å². The van der Waals surface area contributed by atoms with Crippen LogP contribution in [0, 0.1) is 29.2 Å². The summed E-state index contributed by atoms with van der Waals surface area (Å²) in [5, 5.41) is 0. The summed E-state index contributed by atoms with van der Waals surface area (Å²) in [6.07, 6.45) is 6.13. The Bertz CT molecular complexity index is 2320. The lowest BCUT2D eigenvalue weighted by atomic mass is 9.93. The van der Waals surface area contributed by atoms with Gasteiger partial charge in [0.25, 0.3) is 0 Å². The topological polar surface area (TPSA) is 73.4 Å². The van der Waals surface area contributed by atoms with E-state index in [-0.39, 0.29) is 65.3 Å². The molecule has 0 radical (unpaired) electrons. The zero-order chi connectivity index (χ0) is 43.3. The van der Waals surface area contributed by atoms with Gasteiger partial charge in [-0.15, -0.1) is 0 Å². The van der Waals surface area contributed by atoms with Crippen molar-refractivity contribution in [1.82, 2.24) is 19.6 Å². The van der Waals surface area contributed by atoms with Crippen LogP contribution in [-0.4, -0.2) is 95.7 Å². The Morgan fingerprint density at radius 2 is 1.11 bits per heavy atom. The maximum Gasteiger partial charge on any atom is 0.223 e. The zero-order valence-corrected chi connectivity index (χ0v) is 35.0. The van der Waals surface area contributed by atoms with Crippen LogP contribution in [0.2, 0.25) is 0 Å². The minimum atomic E-state index is -0.654. The number of ketones is 1. The van der Waals surface area contributed by atoms with Gasteiger partial charge in [0.05, 0.1) is 12.1 Å². The summed E-state index contributed by atoms with van der Waals surface area (Å²) in [5.74, 6) is -2.34. The Labute approximate surface area is 360 Å². The van der Waals surface area contributed by atoms with E-state index in [4.69, 9.17) is 4.74 Å². The summed E-state index contributed by atoms with van der Waals surface area (Å²) >= 11 is 0. The number of likely N-dealkylation sites (tertiary alicyclic amines) is 2. The van der Waals surface area contributed by atoms with Crippen LogP contribution in [0.3, 0.4) is 0 Å². The fraction of sp³-hybridized carbons (Fsp3) is 0.380. The summed E-state index contributed by atoms with van der Waals surface area (Å²) in [4.78, 5) is 46.4. The first kappa shape index (κ1) is 43.1. The molecule has 4 aliphatic rings. The Balaban J connectivity index is 0.879. The molecule has 12 heteroatoms. The molecule has 4 heterocycles. The average Bonchev–Trinajstić information content (AvgIpc) is 3.92. The number of piperidine rings is 2. The molecule has 2 saturated heterocycles. The standard InChI is InChI=1S/C50H52F4N4O4/c1-33(59)34-14-20-55(21-15-34)48(60)18-25-58-32-38(27-46(58)36-10-6-3-7-11-36)43-29-40(52)30-47(50(43)54)62-41-16-22-56(23-17-41)49(61)19-24-57-31-37(42-28-39(51)12-13-44(42)53)26-45(57)35-8-4-2-5-9-35/h2-13,26-30,34,41,45-46H,14-25,31-32H2,1H3/t45-,46-/m0/s1. The van der Waals surface area contributed by atoms with Crippen LogP contribution in [0.5, 0.6) is 5.75 Å². The van der Waals surface area contributed by atoms with Crippen LogP contribution in [0.1, 0.15) is 79.8 Å². The third kappa shape index (κ3) is 9.87. The first-order chi connectivity index (χ1) is 30.0. The molecule has 0 saturated carbocycles. The molecule has 2 amide bonds. The van der Waals surface area contributed by atoms with Gasteiger partial charge in [-0.3, -0.25) is 24.2 Å². The van der Waals surface area contributed by atoms with Crippen molar-refractivity contribution < 1.29 is 36.7 Å². The number of Topliss-reactive ketones (excluding diaryl/α,β-unsaturated/α-hetero) is 1. The van der Waals surface area contributed by atoms with E-state index in [1.807, 2.05) is 77.7 Å². The third-order valence-electron chi connectivity index (χ3n) is 12.9. The minimum absolute atomic E-state index is 0.00259. The first-order valence-electron chi connectivity index (χ1n) is 21.7. The zero-order valence-electron chi connectivity index (χ0n) is 35.0. The summed E-state index contributed by atoms with van der Waals surface area (Å²) in [6, 6.07) is 24.7. The molecule has 2 fully saturated rings. The highest BCUT2D eigenvalue weighted by molar-refractivity contribution is 5.80. The van der Waals surface area contributed by atoms with Crippen LogP contribution in [0.4, 0.5) is 17.6 Å². The number of hydrogen-bond acceptors (Lipinski definition) is 6. The van der Waals surface area contributed by atoms with Crippen LogP contribution in [-0.2, 0) is 14.4 Å². The highest BCUT2D eigenvalue weighted by atomic mass is 19.1. The van der Waals surface area contributed by atoms with Gasteiger partial charge >= 0.3 is 0 Å². The number of rotatable bonds is 13. The van der Waals surface area contributed by atoms with Crippen molar-refractivity contribution in [3.8, 4) is 5.75 Å². The number of hydrogen-bond donors (Lipinski definition) is 0. The second-order valence-corrected chi connectivity index (χ2v) is 16.9. The molecule has 324 valence electrons. The van der Waals surface area contributed by atoms with Crippen molar-refractivity contribution in [2.75, 3.05) is 52.4 Å². The second kappa shape index (κ2) is 19.2. The van der Waals surface area contributed by atoms with E-state index in [0.29, 0.717) is 89.2 Å². The molecule has 0 aromatic heterocycles. The van der Waals surface area contributed by atoms with E-state index in [1.165, 1.54) is 12.1 Å². The van der Waals surface area contributed by atoms with Crippen molar-refractivity contribution in [2.24, 2.45) is 5.92 Å². The van der Waals surface area contributed by atoms with Crippen molar-refractivity contribution in [1.29, 1.82) is 0 Å². The van der Waals surface area contributed by atoms with E-state index in [1.54, 1.807) is 11.8 Å². The van der Waals surface area contributed by atoms with Crippen LogP contribution in [0.25, 0.3) is 11.1 Å². The van der Waals surface area contributed by atoms with Gasteiger partial charge in [0.2, 0.25) is 11.8 Å². The van der Waals surface area contributed by atoms with Gasteiger partial charge in [0.15, 0.2) is 11.6 Å². The molecule has 0 N–H and O–H groups in total. The van der Waals surface area contributed by atoms with Gasteiger partial charge in [-0.2, -0.15) is 0 Å². The van der Waals surface area contributed by atoms with Gasteiger partial charge in [0.1, 0.15) is 29.3 Å². The predicted octanol–water partition coefficient (Wildman–Crippen LogP) is 8.80. The van der Waals surface area contributed by atoms with Crippen LogP contribution in [0.15, 0.2) is 103 Å². The molecular weight excluding hydrogens is 797 g/mol. The summed E-state index contributed by atoms with van der Waals surface area (Å²) in [7, 11) is 0. The fourth-order valence-corrected chi connectivity index (χ4v) is 9.39. The molecule has 0 unspecified atom stereocenters. The van der Waals surface area contributed by atoms with Crippen molar-refractivity contribution >= 4 is 28.7 Å². The number of nitrogens with zero attached hydrogens (tertiary/aromatic N) is 4. The van der Waals surface area contributed by atoms with Crippen molar-refractivity contribution in [3.05, 3.63) is 149 Å². The van der Waals surface area contributed by atoms with Gasteiger partial charge in [-0.05, 0) is 66.3 Å². The molecule has 62 heavy (non-hydrogen) atoms. The van der Waals surface area contributed by atoms with Crippen molar-refractivity contribution in [3.63, 3.8) is 0 Å². The molecule has 4 aromatic rings. The molecule has 8 rings (SSSR count). The average molecular weight is 849 g/mol. The number of ether oxygens (including phenoxy) is 1. The maximum absolute atomic E-state index is 16.4. The Morgan fingerprint density at radius 1 is 0.613 bits per heavy atom. The first-order valence-corrected chi connectivity index (χ1v) is 21.7. The fourth-order valence-electron chi connectivity index (χ4n) is 9.39. The van der Waals surface area contributed by atoms with E-state index in [2.05, 4.69) is 9.80 Å². The normalized spacial score (nSPS) is 20.3. The molecular formula is C50H52F4N4O4. The van der Waals surface area contributed by atoms with Gasteiger partial charge in [-0.25, -0.2) is 17.6 Å². The number of amides is 2. The summed E-state index contributed by atoms with van der Waals surface area (Å²) in [5.41, 5.74) is 3.56. The molecule has 4 aliphatic heterocycles. The van der Waals surface area contributed by atoms with Crippen molar-refractivity contribution in [2.45, 2.75) is 63.6 Å². The predicted molar refractivity (Wildman–Crippen MR) is 230 cm³/mol. The highest BCUT2D eigenvalue weighted by Crippen LogP contribution is 2.39. The van der Waals surface area contributed by atoms with Gasteiger partial charge in [0, 0.05) is 101 Å². The molecule has 0 bridgehead atoms. The lowest BCUT2D eigenvalue weighted by Crippen LogP contribution is -2.43. The Kier molecular flexibility index (Phi) is 13.3. The molecule has 0 aliphatic carbocycles. The van der Waals surface area contributed by atoms with Crippen LogP contribution < -0.4 is 4.74 Å². The summed E-state index contributed by atoms with van der Waals surface area (Å²) < 4.78 is 66.7. The maximum atomic E-state index is 16.4. The van der Waals surface area contributed by atoms with E-state index in [0.717, 1.165) is 29.3 Å². The minimum Gasteiger partial charge on any atom is -0.487 e. The molecule has 8 nitrogen and oxygen atoms in total. The Morgan fingerprint density at radius 3 is 1.65 bits per heavy atom. The lowest BCUT2D eigenvalue weighted by Gasteiger charge is -2.33. The SMILES string of the molecule is CC(=O)C1CCN(C(=O)CCN2CC(c3cc(F)cc(OC4CCN(C(=O)CCN5CC(c6cc(F)ccc6F)=C[C@H]5c5ccccc5)CC4)c3F)=C[C@H]2c2ccccc2)CC1. The molecule has 0 spiro atoms. The van der Waals surface area contributed by atoms with Crippen LogP contribution >= 0.6 is 0 Å². The number of carbonyl (C=O) groups excluding carboxylic acids is 3. The Hall–Kier alpha value is -5.59. The summed E-state index contributed by atoms with van der Waals surface area (Å²) in [6.45, 7) is 4.97. The smallest absolute Gasteiger partial charge is 0.223 e. The van der Waals surface area contributed by atoms with Gasteiger partial charge in [-0.1, -0.05) is 72.8 Å². The van der Waals surface area contributed by atoms with Gasteiger partial charge < -0.3 is 14.5 Å². The number of benzene rings is 4. The van der Waals surface area contributed by atoms with E-state index in [9.17, 15) is 23.2 Å². The number of halogens is 4. The highest BCUT2D eigenvalue weighted by Gasteiger charge is 2.33. The monoisotopic (exact) mass is 848 g/mol. The quantitative estimate of drug-likeness (QED) is 0.125. The molecule has 2 atom stereocenters. The second-order valence-electron chi connectivity index (χ2n) is 16.9. The molecule has 4 aromatic carbocycles. The largest absolute Gasteiger partial charge is 0.487 e.